The Balaban J connectivity index is 2.22. The number of esters is 2. The summed E-state index contributed by atoms with van der Waals surface area (Å²) in [5.74, 6) is -1.92. The van der Waals surface area contributed by atoms with Crippen LogP contribution in [-0.2, 0) is 29.1 Å². The third-order valence-corrected chi connectivity index (χ3v) is 5.80. The Bertz CT molecular complexity index is 800. The second-order valence-electron chi connectivity index (χ2n) is 6.75. The molecule has 3 atom stereocenters. The SMILES string of the molecule is Cc1ccc(S(=O)(=O)N[C@@H]2COC(=O)[C@@H](C)COC(=O)CC=C[C@H]2C)cc1. The van der Waals surface area contributed by atoms with Gasteiger partial charge in [-0.25, -0.2) is 13.1 Å². The molecule has 0 aliphatic carbocycles. The van der Waals surface area contributed by atoms with Crippen molar-refractivity contribution in [2.45, 2.75) is 38.1 Å². The van der Waals surface area contributed by atoms with Crippen molar-refractivity contribution in [3.63, 3.8) is 0 Å². The molecule has 148 valence electrons. The van der Waals surface area contributed by atoms with Crippen molar-refractivity contribution >= 4 is 22.0 Å². The Morgan fingerprint density at radius 1 is 1.04 bits per heavy atom. The van der Waals surface area contributed by atoms with Crippen LogP contribution in [0.4, 0.5) is 0 Å². The van der Waals surface area contributed by atoms with Crippen LogP contribution in [0, 0.1) is 18.8 Å². The molecule has 8 heteroatoms. The van der Waals surface area contributed by atoms with E-state index in [-0.39, 0.29) is 30.4 Å². The first-order valence-electron chi connectivity index (χ1n) is 8.77. The van der Waals surface area contributed by atoms with Crippen LogP contribution >= 0.6 is 0 Å². The van der Waals surface area contributed by atoms with Crippen LogP contribution in [-0.4, -0.2) is 39.6 Å². The van der Waals surface area contributed by atoms with E-state index in [1.807, 2.05) is 6.92 Å². The van der Waals surface area contributed by atoms with E-state index in [4.69, 9.17) is 9.47 Å². The summed E-state index contributed by atoms with van der Waals surface area (Å²) in [7, 11) is -3.78. The fourth-order valence-corrected chi connectivity index (χ4v) is 3.76. The Kier molecular flexibility index (Phi) is 7.15. The normalized spacial score (nSPS) is 25.1. The van der Waals surface area contributed by atoms with E-state index in [1.54, 1.807) is 38.1 Å². The second-order valence-corrected chi connectivity index (χ2v) is 8.46. The average molecular weight is 395 g/mol. The number of hydrogen-bond donors (Lipinski definition) is 1. The molecule has 1 aliphatic heterocycles. The summed E-state index contributed by atoms with van der Waals surface area (Å²) >= 11 is 0. The number of rotatable bonds is 3. The van der Waals surface area contributed by atoms with Crippen molar-refractivity contribution in [2.75, 3.05) is 13.2 Å². The smallest absolute Gasteiger partial charge is 0.312 e. The van der Waals surface area contributed by atoms with Crippen molar-refractivity contribution in [3.05, 3.63) is 42.0 Å². The van der Waals surface area contributed by atoms with Crippen molar-refractivity contribution in [3.8, 4) is 0 Å². The summed E-state index contributed by atoms with van der Waals surface area (Å²) in [5.41, 5.74) is 0.950. The topological polar surface area (TPSA) is 98.8 Å². The summed E-state index contributed by atoms with van der Waals surface area (Å²) in [6.07, 6.45) is 3.40. The van der Waals surface area contributed by atoms with Gasteiger partial charge in [0.1, 0.15) is 13.2 Å². The average Bonchev–Trinajstić information content (AvgIpc) is 2.62. The zero-order valence-corrected chi connectivity index (χ0v) is 16.5. The molecule has 0 amide bonds. The minimum Gasteiger partial charge on any atom is -0.465 e. The van der Waals surface area contributed by atoms with Gasteiger partial charge in [-0.15, -0.1) is 0 Å². The number of ether oxygens (including phenoxy) is 2. The van der Waals surface area contributed by atoms with Gasteiger partial charge < -0.3 is 9.47 Å². The van der Waals surface area contributed by atoms with Crippen LogP contribution in [0.15, 0.2) is 41.3 Å². The zero-order valence-electron chi connectivity index (χ0n) is 15.7. The van der Waals surface area contributed by atoms with Crippen molar-refractivity contribution in [1.29, 1.82) is 0 Å². The molecule has 0 saturated carbocycles. The highest BCUT2D eigenvalue weighted by atomic mass is 32.2. The van der Waals surface area contributed by atoms with E-state index >= 15 is 0 Å². The van der Waals surface area contributed by atoms with Gasteiger partial charge in [-0.3, -0.25) is 9.59 Å². The highest BCUT2D eigenvalue weighted by Crippen LogP contribution is 2.15. The Labute approximate surface area is 159 Å². The van der Waals surface area contributed by atoms with Gasteiger partial charge in [0.2, 0.25) is 10.0 Å². The predicted octanol–water partition coefficient (Wildman–Crippen LogP) is 1.96. The number of sulfonamides is 1. The maximum absolute atomic E-state index is 12.7. The maximum atomic E-state index is 12.7. The highest BCUT2D eigenvalue weighted by Gasteiger charge is 2.26. The second kappa shape index (κ2) is 9.14. The first-order chi connectivity index (χ1) is 12.7. The van der Waals surface area contributed by atoms with E-state index in [0.717, 1.165) is 5.56 Å². The number of cyclic esters (lactones) is 2. The summed E-state index contributed by atoms with van der Waals surface area (Å²) in [5, 5.41) is 0. The molecular weight excluding hydrogens is 370 g/mol. The van der Waals surface area contributed by atoms with Gasteiger partial charge in [-0.2, -0.15) is 0 Å². The Hall–Kier alpha value is -2.19. The molecule has 0 radical (unpaired) electrons. The predicted molar refractivity (Wildman–Crippen MR) is 99.3 cm³/mol. The first kappa shape index (κ1) is 21.1. The van der Waals surface area contributed by atoms with Crippen LogP contribution in [0.5, 0.6) is 0 Å². The third-order valence-electron chi connectivity index (χ3n) is 4.30. The number of hydrogen-bond acceptors (Lipinski definition) is 6. The van der Waals surface area contributed by atoms with Crippen LogP contribution in [0.1, 0.15) is 25.8 Å². The molecule has 1 N–H and O–H groups in total. The van der Waals surface area contributed by atoms with E-state index in [1.165, 1.54) is 12.1 Å². The molecule has 0 aromatic heterocycles. The third kappa shape index (κ3) is 6.18. The van der Waals surface area contributed by atoms with Crippen LogP contribution in [0.2, 0.25) is 0 Å². The zero-order chi connectivity index (χ0) is 20.0. The molecule has 2 rings (SSSR count). The van der Waals surface area contributed by atoms with Crippen LogP contribution in [0.25, 0.3) is 0 Å². The maximum Gasteiger partial charge on any atom is 0.312 e. The monoisotopic (exact) mass is 395 g/mol. The van der Waals surface area contributed by atoms with Crippen LogP contribution in [0.3, 0.4) is 0 Å². The molecule has 1 aliphatic rings. The van der Waals surface area contributed by atoms with Gasteiger partial charge in [0.15, 0.2) is 0 Å². The van der Waals surface area contributed by atoms with Gasteiger partial charge in [-0.1, -0.05) is 36.8 Å². The molecule has 0 unspecified atom stereocenters. The quantitative estimate of drug-likeness (QED) is 0.620. The van der Waals surface area contributed by atoms with Crippen molar-refractivity contribution in [1.82, 2.24) is 4.72 Å². The number of aryl methyl sites for hydroxylation is 1. The lowest BCUT2D eigenvalue weighted by Gasteiger charge is -2.24. The fraction of sp³-hybridized carbons (Fsp3) is 0.474. The van der Waals surface area contributed by atoms with Crippen molar-refractivity contribution in [2.24, 2.45) is 11.8 Å². The number of carbonyl (C=O) groups excluding carboxylic acids is 2. The molecule has 27 heavy (non-hydrogen) atoms. The fourth-order valence-electron chi connectivity index (χ4n) is 2.45. The number of nitrogens with one attached hydrogen (secondary N) is 1. The summed E-state index contributed by atoms with van der Waals surface area (Å²) < 4.78 is 38.2. The Morgan fingerprint density at radius 3 is 2.37 bits per heavy atom. The number of carbonyl (C=O) groups is 2. The van der Waals surface area contributed by atoms with Crippen molar-refractivity contribution < 1.29 is 27.5 Å². The molecular formula is C19H25NO6S. The van der Waals surface area contributed by atoms with E-state index < -0.39 is 33.9 Å². The lowest BCUT2D eigenvalue weighted by molar-refractivity contribution is -0.154. The van der Waals surface area contributed by atoms with Gasteiger partial charge in [0, 0.05) is 0 Å². The highest BCUT2D eigenvalue weighted by molar-refractivity contribution is 7.89. The molecule has 1 aromatic rings. The minimum atomic E-state index is -3.78. The van der Waals surface area contributed by atoms with Gasteiger partial charge in [0.25, 0.3) is 0 Å². The molecule has 0 fully saturated rings. The number of benzene rings is 1. The molecule has 0 saturated heterocycles. The molecule has 1 aromatic carbocycles. The summed E-state index contributed by atoms with van der Waals surface area (Å²) in [6, 6.07) is 5.81. The first-order valence-corrected chi connectivity index (χ1v) is 10.3. The molecule has 7 nitrogen and oxygen atoms in total. The van der Waals surface area contributed by atoms with E-state index in [2.05, 4.69) is 4.72 Å². The van der Waals surface area contributed by atoms with Gasteiger partial charge in [0.05, 0.1) is 23.3 Å². The Morgan fingerprint density at radius 2 is 1.70 bits per heavy atom. The standard InChI is InChI=1S/C19H25NO6S/c1-13-7-9-16(10-8-13)27(23,24)20-17-12-26-19(22)15(3)11-25-18(21)6-4-5-14(17)2/h4-5,7-10,14-15,17,20H,6,11-12H2,1-3H3/t14-,15+,17-/m1/s1. The van der Waals surface area contributed by atoms with E-state index in [0.29, 0.717) is 0 Å². The van der Waals surface area contributed by atoms with Crippen LogP contribution < -0.4 is 4.72 Å². The lowest BCUT2D eigenvalue weighted by Crippen LogP contribution is -2.43. The van der Waals surface area contributed by atoms with E-state index in [9.17, 15) is 18.0 Å². The van der Waals surface area contributed by atoms with Gasteiger partial charge >= 0.3 is 11.9 Å². The minimum absolute atomic E-state index is 0.0591. The summed E-state index contributed by atoms with van der Waals surface area (Å²) in [6.45, 7) is 5.06. The lowest BCUT2D eigenvalue weighted by atomic mass is 10.0. The summed E-state index contributed by atoms with van der Waals surface area (Å²) in [4.78, 5) is 23.8. The molecule has 1 heterocycles. The molecule has 0 spiro atoms. The van der Waals surface area contributed by atoms with Gasteiger partial charge in [-0.05, 0) is 31.9 Å². The molecule has 0 bridgehead atoms. The largest absolute Gasteiger partial charge is 0.465 e.